The van der Waals surface area contributed by atoms with Crippen LogP contribution in [0.3, 0.4) is 0 Å². The molecule has 1 atom stereocenters. The summed E-state index contributed by atoms with van der Waals surface area (Å²) in [5.41, 5.74) is 1.13. The number of carbonyl (C=O) groups excluding carboxylic acids is 2. The van der Waals surface area contributed by atoms with E-state index in [4.69, 9.17) is 0 Å². The summed E-state index contributed by atoms with van der Waals surface area (Å²) >= 11 is 0. The Kier molecular flexibility index (Phi) is 5.47. The fourth-order valence-electron chi connectivity index (χ4n) is 3.03. The van der Waals surface area contributed by atoms with Gasteiger partial charge in [-0.15, -0.1) is 0 Å². The van der Waals surface area contributed by atoms with Gasteiger partial charge in [0.2, 0.25) is 11.8 Å². The summed E-state index contributed by atoms with van der Waals surface area (Å²) in [5.74, 6) is 0.796. The molecule has 132 valence electrons. The summed E-state index contributed by atoms with van der Waals surface area (Å²) < 4.78 is 0. The minimum absolute atomic E-state index is 0.113. The second kappa shape index (κ2) is 7.20. The van der Waals surface area contributed by atoms with Gasteiger partial charge in [0.25, 0.3) is 0 Å². The first-order valence-corrected chi connectivity index (χ1v) is 8.50. The van der Waals surface area contributed by atoms with E-state index in [1.807, 2.05) is 38.7 Å². The van der Waals surface area contributed by atoms with Crippen LogP contribution in [0.15, 0.2) is 11.9 Å². The van der Waals surface area contributed by atoms with E-state index in [1.54, 1.807) is 6.20 Å². The summed E-state index contributed by atoms with van der Waals surface area (Å²) in [4.78, 5) is 33.8. The van der Waals surface area contributed by atoms with Crippen LogP contribution in [0.1, 0.15) is 58.5 Å². The lowest BCUT2D eigenvalue weighted by molar-refractivity contribution is -0.142. The van der Waals surface area contributed by atoms with Gasteiger partial charge in [0, 0.05) is 24.6 Å². The molecule has 0 radical (unpaired) electrons. The third-order valence-corrected chi connectivity index (χ3v) is 4.12. The second-order valence-electron chi connectivity index (χ2n) is 7.46. The van der Waals surface area contributed by atoms with Crippen LogP contribution in [0.5, 0.6) is 0 Å². The van der Waals surface area contributed by atoms with Crippen molar-refractivity contribution in [2.45, 2.75) is 59.9 Å². The number of H-pyrrole nitrogens is 1. The van der Waals surface area contributed by atoms with Gasteiger partial charge in [-0.25, -0.2) is 4.98 Å². The molecule has 2 heterocycles. The minimum Gasteiger partial charge on any atom is -0.343 e. The van der Waals surface area contributed by atoms with Gasteiger partial charge in [-0.3, -0.25) is 9.59 Å². The molecule has 1 aromatic rings. The van der Waals surface area contributed by atoms with Gasteiger partial charge in [0.05, 0.1) is 17.9 Å². The monoisotopic (exact) mass is 332 g/mol. The van der Waals surface area contributed by atoms with Crippen molar-refractivity contribution >= 4 is 17.9 Å². The summed E-state index contributed by atoms with van der Waals surface area (Å²) in [6.07, 6.45) is 6.50. The molecule has 2 N–H and O–H groups in total. The highest BCUT2D eigenvalue weighted by molar-refractivity contribution is 5.83. The molecule has 6 heteroatoms. The van der Waals surface area contributed by atoms with E-state index in [2.05, 4.69) is 15.3 Å². The molecular weight excluding hydrogens is 304 g/mol. The molecule has 1 aliphatic heterocycles. The van der Waals surface area contributed by atoms with Crippen LogP contribution in [0, 0.1) is 12.3 Å². The normalized spacial score (nSPS) is 19.3. The van der Waals surface area contributed by atoms with E-state index in [-0.39, 0.29) is 17.9 Å². The zero-order chi connectivity index (χ0) is 17.9. The van der Waals surface area contributed by atoms with Gasteiger partial charge in [-0.05, 0) is 32.3 Å². The van der Waals surface area contributed by atoms with Crippen LogP contribution in [0.4, 0.5) is 0 Å². The molecule has 1 aliphatic rings. The number of piperidine rings is 1. The van der Waals surface area contributed by atoms with Crippen molar-refractivity contribution in [1.29, 1.82) is 0 Å². The first kappa shape index (κ1) is 18.2. The van der Waals surface area contributed by atoms with Crippen LogP contribution in [-0.2, 0) is 9.59 Å². The molecular formula is C18H28N4O2. The summed E-state index contributed by atoms with van der Waals surface area (Å²) in [6, 6.07) is -0.113. The van der Waals surface area contributed by atoms with E-state index in [0.29, 0.717) is 0 Å². The standard InChI is InChI=1S/C18H28N4O2/c1-12-19-11-14(20-12)10-15(21-13(2)23)16-8-6-7-9-22(16)17(24)18(3,4)5/h10-11,16H,6-9H2,1-5H3,(H,19,20)(H,21,23)/b15-10-. The fraction of sp³-hybridized carbons (Fsp3) is 0.611. The lowest BCUT2D eigenvalue weighted by Crippen LogP contribution is -2.51. The third kappa shape index (κ3) is 4.46. The zero-order valence-corrected chi connectivity index (χ0v) is 15.3. The van der Waals surface area contributed by atoms with E-state index >= 15 is 0 Å². The molecule has 24 heavy (non-hydrogen) atoms. The predicted octanol–water partition coefficient (Wildman–Crippen LogP) is 2.62. The number of likely N-dealkylation sites (tertiary alicyclic amines) is 1. The van der Waals surface area contributed by atoms with Gasteiger partial charge in [-0.1, -0.05) is 20.8 Å². The molecule has 1 saturated heterocycles. The smallest absolute Gasteiger partial charge is 0.228 e. The number of carbonyl (C=O) groups is 2. The van der Waals surface area contributed by atoms with Crippen molar-refractivity contribution in [1.82, 2.24) is 20.2 Å². The van der Waals surface area contributed by atoms with Crippen molar-refractivity contribution in [3.8, 4) is 0 Å². The number of nitrogens with zero attached hydrogens (tertiary/aromatic N) is 2. The maximum Gasteiger partial charge on any atom is 0.228 e. The molecule has 1 unspecified atom stereocenters. The topological polar surface area (TPSA) is 78.1 Å². The number of aromatic amines is 1. The highest BCUT2D eigenvalue weighted by Gasteiger charge is 2.35. The van der Waals surface area contributed by atoms with Crippen LogP contribution in [-0.4, -0.2) is 39.3 Å². The van der Waals surface area contributed by atoms with Crippen molar-refractivity contribution in [3.63, 3.8) is 0 Å². The quantitative estimate of drug-likeness (QED) is 0.893. The van der Waals surface area contributed by atoms with Crippen molar-refractivity contribution < 1.29 is 9.59 Å². The van der Waals surface area contributed by atoms with Crippen LogP contribution >= 0.6 is 0 Å². The van der Waals surface area contributed by atoms with E-state index in [0.717, 1.165) is 43.0 Å². The minimum atomic E-state index is -0.443. The number of rotatable bonds is 3. The Bertz CT molecular complexity index is 640. The number of imidazole rings is 1. The zero-order valence-electron chi connectivity index (χ0n) is 15.3. The fourth-order valence-corrected chi connectivity index (χ4v) is 3.03. The lowest BCUT2D eigenvalue weighted by atomic mass is 9.90. The SMILES string of the molecule is CC(=O)N/C(=C\c1cnc(C)[nH]1)C1CCCCN1C(=O)C(C)(C)C. The predicted molar refractivity (Wildman–Crippen MR) is 93.9 cm³/mol. The van der Waals surface area contributed by atoms with Gasteiger partial charge in [-0.2, -0.15) is 0 Å². The van der Waals surface area contributed by atoms with Gasteiger partial charge in [0.1, 0.15) is 5.82 Å². The summed E-state index contributed by atoms with van der Waals surface area (Å²) in [5, 5.41) is 2.92. The number of aromatic nitrogens is 2. The molecule has 6 nitrogen and oxygen atoms in total. The average molecular weight is 332 g/mol. The van der Waals surface area contributed by atoms with Gasteiger partial charge >= 0.3 is 0 Å². The number of amides is 2. The molecule has 1 aromatic heterocycles. The lowest BCUT2D eigenvalue weighted by Gasteiger charge is -2.40. The molecule has 0 aliphatic carbocycles. The molecule has 0 aromatic carbocycles. The van der Waals surface area contributed by atoms with E-state index in [9.17, 15) is 9.59 Å². The Labute approximate surface area is 143 Å². The Morgan fingerprint density at radius 1 is 1.38 bits per heavy atom. The highest BCUT2D eigenvalue weighted by atomic mass is 16.2. The van der Waals surface area contributed by atoms with Crippen LogP contribution < -0.4 is 5.32 Å². The maximum absolute atomic E-state index is 12.8. The first-order chi connectivity index (χ1) is 11.2. The van der Waals surface area contributed by atoms with Gasteiger partial charge < -0.3 is 15.2 Å². The highest BCUT2D eigenvalue weighted by Crippen LogP contribution is 2.28. The maximum atomic E-state index is 12.8. The van der Waals surface area contributed by atoms with E-state index < -0.39 is 5.41 Å². The van der Waals surface area contributed by atoms with Crippen LogP contribution in [0.25, 0.3) is 6.08 Å². The molecule has 0 bridgehead atoms. The first-order valence-electron chi connectivity index (χ1n) is 8.50. The third-order valence-electron chi connectivity index (χ3n) is 4.12. The number of aryl methyl sites for hydroxylation is 1. The van der Waals surface area contributed by atoms with Crippen molar-refractivity contribution in [2.75, 3.05) is 6.54 Å². The number of nitrogens with one attached hydrogen (secondary N) is 2. The Morgan fingerprint density at radius 2 is 2.08 bits per heavy atom. The molecule has 0 saturated carbocycles. The van der Waals surface area contributed by atoms with Crippen molar-refractivity contribution in [3.05, 3.63) is 23.4 Å². The van der Waals surface area contributed by atoms with Crippen molar-refractivity contribution in [2.24, 2.45) is 5.41 Å². The molecule has 2 amide bonds. The number of hydrogen-bond acceptors (Lipinski definition) is 3. The molecule has 1 fully saturated rings. The Morgan fingerprint density at radius 3 is 2.62 bits per heavy atom. The largest absolute Gasteiger partial charge is 0.343 e. The van der Waals surface area contributed by atoms with Crippen LogP contribution in [0.2, 0.25) is 0 Å². The molecule has 2 rings (SSSR count). The van der Waals surface area contributed by atoms with E-state index in [1.165, 1.54) is 6.92 Å². The average Bonchev–Trinajstić information content (AvgIpc) is 2.89. The summed E-state index contributed by atoms with van der Waals surface area (Å²) in [7, 11) is 0. The number of hydrogen-bond donors (Lipinski definition) is 2. The Hall–Kier alpha value is -2.11. The summed E-state index contributed by atoms with van der Waals surface area (Å²) in [6.45, 7) is 9.89. The Balaban J connectivity index is 2.36. The second-order valence-corrected chi connectivity index (χ2v) is 7.46. The molecule has 0 spiro atoms. The van der Waals surface area contributed by atoms with Gasteiger partial charge in [0.15, 0.2) is 0 Å².